The standard InChI is InChI=1S/C15H20ClNO2/c1-11-6-5-7-12(2)17(11)15(18)10-19-14-9-4-3-8-13(14)16/h3-4,8-9,11-12H,5-7,10H2,1-2H3/t11-,12+. The smallest absolute Gasteiger partial charge is 0.260 e. The van der Waals surface area contributed by atoms with E-state index in [-0.39, 0.29) is 12.5 Å². The summed E-state index contributed by atoms with van der Waals surface area (Å²) in [6, 6.07) is 7.81. The van der Waals surface area contributed by atoms with Gasteiger partial charge in [0, 0.05) is 12.1 Å². The van der Waals surface area contributed by atoms with Crippen LogP contribution in [-0.4, -0.2) is 29.5 Å². The zero-order valence-electron chi connectivity index (χ0n) is 11.4. The van der Waals surface area contributed by atoms with Gasteiger partial charge in [0.2, 0.25) is 0 Å². The van der Waals surface area contributed by atoms with Crippen molar-refractivity contribution in [2.75, 3.05) is 6.61 Å². The highest BCUT2D eigenvalue weighted by Crippen LogP contribution is 2.25. The monoisotopic (exact) mass is 281 g/mol. The topological polar surface area (TPSA) is 29.5 Å². The molecule has 1 aliphatic heterocycles. The van der Waals surface area contributed by atoms with Crippen LogP contribution >= 0.6 is 11.6 Å². The molecule has 0 N–H and O–H groups in total. The second-order valence-corrected chi connectivity index (χ2v) is 5.56. The predicted octanol–water partition coefficient (Wildman–Crippen LogP) is 3.51. The van der Waals surface area contributed by atoms with Crippen molar-refractivity contribution in [3.8, 4) is 5.75 Å². The van der Waals surface area contributed by atoms with Crippen molar-refractivity contribution in [2.45, 2.75) is 45.2 Å². The molecule has 2 atom stereocenters. The lowest BCUT2D eigenvalue weighted by atomic mass is 9.97. The molecule has 2 rings (SSSR count). The number of benzene rings is 1. The molecule has 0 aromatic heterocycles. The Morgan fingerprint density at radius 2 is 1.95 bits per heavy atom. The van der Waals surface area contributed by atoms with Crippen LogP contribution in [0, 0.1) is 0 Å². The fraction of sp³-hybridized carbons (Fsp3) is 0.533. The van der Waals surface area contributed by atoms with Gasteiger partial charge < -0.3 is 9.64 Å². The van der Waals surface area contributed by atoms with Crippen molar-refractivity contribution in [1.82, 2.24) is 4.90 Å². The van der Waals surface area contributed by atoms with Gasteiger partial charge in [0.05, 0.1) is 5.02 Å². The number of carbonyl (C=O) groups is 1. The Morgan fingerprint density at radius 3 is 2.58 bits per heavy atom. The van der Waals surface area contributed by atoms with E-state index in [1.165, 1.54) is 6.42 Å². The summed E-state index contributed by atoms with van der Waals surface area (Å²) in [6.45, 7) is 4.25. The van der Waals surface area contributed by atoms with Crippen LogP contribution in [0.15, 0.2) is 24.3 Å². The minimum Gasteiger partial charge on any atom is -0.482 e. The lowest BCUT2D eigenvalue weighted by Gasteiger charge is -2.39. The number of piperidine rings is 1. The minimum absolute atomic E-state index is 0.0413. The normalized spacial score (nSPS) is 23.2. The highest BCUT2D eigenvalue weighted by atomic mass is 35.5. The van der Waals surface area contributed by atoms with E-state index in [4.69, 9.17) is 16.3 Å². The van der Waals surface area contributed by atoms with Crippen LogP contribution in [0.5, 0.6) is 5.75 Å². The van der Waals surface area contributed by atoms with Crippen molar-refractivity contribution >= 4 is 17.5 Å². The van der Waals surface area contributed by atoms with Gasteiger partial charge in [0.25, 0.3) is 5.91 Å². The molecule has 1 aliphatic rings. The number of halogens is 1. The van der Waals surface area contributed by atoms with Crippen molar-refractivity contribution in [3.63, 3.8) is 0 Å². The number of amides is 1. The summed E-state index contributed by atoms with van der Waals surface area (Å²) in [4.78, 5) is 14.2. The maximum Gasteiger partial charge on any atom is 0.260 e. The van der Waals surface area contributed by atoms with Gasteiger partial charge in [-0.1, -0.05) is 23.7 Å². The van der Waals surface area contributed by atoms with E-state index in [1.54, 1.807) is 12.1 Å². The molecule has 1 heterocycles. The summed E-state index contributed by atoms with van der Waals surface area (Å²) in [5.74, 6) is 0.606. The van der Waals surface area contributed by atoms with E-state index in [0.29, 0.717) is 22.9 Å². The third-order valence-corrected chi connectivity index (χ3v) is 3.98. The van der Waals surface area contributed by atoms with Gasteiger partial charge in [0.15, 0.2) is 6.61 Å². The number of hydrogen-bond donors (Lipinski definition) is 0. The first-order valence-electron chi connectivity index (χ1n) is 6.78. The van der Waals surface area contributed by atoms with Gasteiger partial charge in [-0.3, -0.25) is 4.79 Å². The average molecular weight is 282 g/mol. The maximum atomic E-state index is 12.3. The minimum atomic E-state index is 0.0413. The van der Waals surface area contributed by atoms with Crippen molar-refractivity contribution in [2.24, 2.45) is 0 Å². The van der Waals surface area contributed by atoms with Gasteiger partial charge in [-0.25, -0.2) is 0 Å². The molecule has 0 radical (unpaired) electrons. The third kappa shape index (κ3) is 3.41. The molecule has 3 nitrogen and oxygen atoms in total. The Balaban J connectivity index is 1.95. The molecule has 0 spiro atoms. The molecule has 0 aliphatic carbocycles. The molecule has 19 heavy (non-hydrogen) atoms. The fourth-order valence-corrected chi connectivity index (χ4v) is 2.88. The summed E-state index contributed by atoms with van der Waals surface area (Å²) >= 11 is 6.00. The lowest BCUT2D eigenvalue weighted by molar-refractivity contribution is -0.139. The quantitative estimate of drug-likeness (QED) is 0.848. The van der Waals surface area contributed by atoms with Crippen molar-refractivity contribution in [3.05, 3.63) is 29.3 Å². The first-order chi connectivity index (χ1) is 9.09. The molecule has 4 heteroatoms. The zero-order chi connectivity index (χ0) is 13.8. The summed E-state index contributed by atoms with van der Waals surface area (Å²) in [5.41, 5.74) is 0. The molecule has 1 aromatic rings. The van der Waals surface area contributed by atoms with Crippen LogP contribution in [0.1, 0.15) is 33.1 Å². The largest absolute Gasteiger partial charge is 0.482 e. The molecule has 0 bridgehead atoms. The summed E-state index contributed by atoms with van der Waals surface area (Å²) in [6.07, 6.45) is 3.34. The molecule has 1 saturated heterocycles. The molecule has 1 amide bonds. The zero-order valence-corrected chi connectivity index (χ0v) is 12.2. The van der Waals surface area contributed by atoms with Crippen LogP contribution in [-0.2, 0) is 4.79 Å². The molecule has 104 valence electrons. The predicted molar refractivity (Wildman–Crippen MR) is 76.6 cm³/mol. The second kappa shape index (κ2) is 6.29. The second-order valence-electron chi connectivity index (χ2n) is 5.15. The Labute approximate surface area is 119 Å². The summed E-state index contributed by atoms with van der Waals surface area (Å²) in [5, 5.41) is 0.537. The Hall–Kier alpha value is -1.22. The highest BCUT2D eigenvalue weighted by Gasteiger charge is 2.28. The lowest BCUT2D eigenvalue weighted by Crippen LogP contribution is -2.49. The van der Waals surface area contributed by atoms with Gasteiger partial charge >= 0.3 is 0 Å². The van der Waals surface area contributed by atoms with E-state index in [1.807, 2.05) is 17.0 Å². The van der Waals surface area contributed by atoms with Crippen LogP contribution in [0.25, 0.3) is 0 Å². The van der Waals surface area contributed by atoms with Crippen LogP contribution in [0.4, 0.5) is 0 Å². The number of ether oxygens (including phenoxy) is 1. The Morgan fingerprint density at radius 1 is 1.32 bits per heavy atom. The summed E-state index contributed by atoms with van der Waals surface area (Å²) < 4.78 is 5.53. The number of carbonyl (C=O) groups excluding carboxylic acids is 1. The average Bonchev–Trinajstić information content (AvgIpc) is 2.37. The van der Waals surface area contributed by atoms with Crippen LogP contribution in [0.2, 0.25) is 5.02 Å². The molecule has 1 aromatic carbocycles. The Bertz CT molecular complexity index is 440. The molecular formula is C15H20ClNO2. The van der Waals surface area contributed by atoms with Gasteiger partial charge in [-0.15, -0.1) is 0 Å². The molecule has 0 unspecified atom stereocenters. The molecule has 0 saturated carbocycles. The number of para-hydroxylation sites is 1. The van der Waals surface area contributed by atoms with Crippen molar-refractivity contribution < 1.29 is 9.53 Å². The molecule has 1 fully saturated rings. The fourth-order valence-electron chi connectivity index (χ4n) is 2.69. The van der Waals surface area contributed by atoms with Gasteiger partial charge in [-0.2, -0.15) is 0 Å². The number of nitrogens with zero attached hydrogens (tertiary/aromatic N) is 1. The highest BCUT2D eigenvalue weighted by molar-refractivity contribution is 6.32. The number of hydrogen-bond acceptors (Lipinski definition) is 2. The molecular weight excluding hydrogens is 262 g/mol. The van der Waals surface area contributed by atoms with Gasteiger partial charge in [-0.05, 0) is 45.2 Å². The first kappa shape index (κ1) is 14.2. The Kier molecular flexibility index (Phi) is 4.70. The van der Waals surface area contributed by atoms with E-state index in [2.05, 4.69) is 13.8 Å². The van der Waals surface area contributed by atoms with Crippen molar-refractivity contribution in [1.29, 1.82) is 0 Å². The van der Waals surface area contributed by atoms with E-state index in [9.17, 15) is 4.79 Å². The number of rotatable bonds is 3. The third-order valence-electron chi connectivity index (χ3n) is 3.67. The SMILES string of the molecule is C[C@@H]1CCC[C@H](C)N1C(=O)COc1ccccc1Cl. The van der Waals surface area contributed by atoms with E-state index >= 15 is 0 Å². The summed E-state index contributed by atoms with van der Waals surface area (Å²) in [7, 11) is 0. The first-order valence-corrected chi connectivity index (χ1v) is 7.16. The van der Waals surface area contributed by atoms with E-state index in [0.717, 1.165) is 12.8 Å². The number of likely N-dealkylation sites (tertiary alicyclic amines) is 1. The van der Waals surface area contributed by atoms with Crippen LogP contribution < -0.4 is 4.74 Å². The van der Waals surface area contributed by atoms with E-state index < -0.39 is 0 Å². The van der Waals surface area contributed by atoms with Gasteiger partial charge in [0.1, 0.15) is 5.75 Å². The van der Waals surface area contributed by atoms with Crippen LogP contribution in [0.3, 0.4) is 0 Å². The maximum absolute atomic E-state index is 12.3.